The van der Waals surface area contributed by atoms with Crippen LogP contribution in [-0.2, 0) is 0 Å². The van der Waals surface area contributed by atoms with Gasteiger partial charge >= 0.3 is 0 Å². The van der Waals surface area contributed by atoms with Crippen molar-refractivity contribution in [2.75, 3.05) is 20.1 Å². The number of benzene rings is 1. The lowest BCUT2D eigenvalue weighted by Gasteiger charge is -2.27. The summed E-state index contributed by atoms with van der Waals surface area (Å²) in [7, 11) is 1.83. The fourth-order valence-corrected chi connectivity index (χ4v) is 2.77. The van der Waals surface area contributed by atoms with Crippen LogP contribution in [0.3, 0.4) is 0 Å². The number of carbonyl (C=O) groups excluding carboxylic acids is 1. The van der Waals surface area contributed by atoms with Gasteiger partial charge in [-0.05, 0) is 66.5 Å². The molecule has 1 atom stereocenters. The zero-order chi connectivity index (χ0) is 13.8. The van der Waals surface area contributed by atoms with E-state index in [1.54, 1.807) is 11.0 Å². The van der Waals surface area contributed by atoms with Crippen LogP contribution >= 0.6 is 28.3 Å². The molecule has 0 spiro atoms. The third-order valence-electron chi connectivity index (χ3n) is 3.58. The Morgan fingerprint density at radius 2 is 2.15 bits per heavy atom. The van der Waals surface area contributed by atoms with E-state index >= 15 is 0 Å². The number of carbonyl (C=O) groups is 1. The van der Waals surface area contributed by atoms with Gasteiger partial charge in [-0.1, -0.05) is 0 Å². The Kier molecular flexibility index (Phi) is 6.92. The van der Waals surface area contributed by atoms with Gasteiger partial charge in [0.25, 0.3) is 5.91 Å². The first-order valence-electron chi connectivity index (χ1n) is 6.52. The van der Waals surface area contributed by atoms with Crippen molar-refractivity contribution in [1.82, 2.24) is 10.2 Å². The van der Waals surface area contributed by atoms with Gasteiger partial charge in [-0.3, -0.25) is 4.79 Å². The number of hydrogen-bond acceptors (Lipinski definition) is 2. The lowest BCUT2D eigenvalue weighted by Crippen LogP contribution is -2.37. The number of hydrogen-bond donors (Lipinski definition) is 1. The molecule has 1 aromatic carbocycles. The third kappa shape index (κ3) is 4.17. The lowest BCUT2D eigenvalue weighted by atomic mass is 10.1. The Bertz CT molecular complexity index is 464. The van der Waals surface area contributed by atoms with E-state index in [0.717, 1.165) is 32.4 Å². The quantitative estimate of drug-likeness (QED) is 0.873. The first-order chi connectivity index (χ1) is 9.09. The van der Waals surface area contributed by atoms with Crippen molar-refractivity contribution in [2.45, 2.75) is 25.3 Å². The second-order valence-corrected chi connectivity index (χ2v) is 5.73. The van der Waals surface area contributed by atoms with E-state index in [0.29, 0.717) is 10.0 Å². The smallest absolute Gasteiger partial charge is 0.253 e. The molecule has 1 heterocycles. The van der Waals surface area contributed by atoms with Gasteiger partial charge in [0.15, 0.2) is 0 Å². The molecule has 1 N–H and O–H groups in total. The van der Waals surface area contributed by atoms with E-state index in [1.165, 1.54) is 12.1 Å². The summed E-state index contributed by atoms with van der Waals surface area (Å²) in [6, 6.07) is 4.66. The van der Waals surface area contributed by atoms with E-state index in [1.807, 2.05) is 7.05 Å². The molecule has 1 aromatic rings. The average Bonchev–Trinajstić information content (AvgIpc) is 2.69. The minimum atomic E-state index is -0.349. The van der Waals surface area contributed by atoms with E-state index in [4.69, 9.17) is 0 Å². The molecule has 2 rings (SSSR count). The highest BCUT2D eigenvalue weighted by Gasteiger charge is 2.22. The molecule has 3 nitrogen and oxygen atoms in total. The molecule has 1 fully saturated rings. The van der Waals surface area contributed by atoms with Crippen LogP contribution in [-0.4, -0.2) is 37.0 Å². The first kappa shape index (κ1) is 17.4. The molecule has 0 radical (unpaired) electrons. The Morgan fingerprint density at radius 1 is 1.40 bits per heavy atom. The predicted octanol–water partition coefficient (Wildman–Crippen LogP) is 3.22. The van der Waals surface area contributed by atoms with Crippen molar-refractivity contribution >= 4 is 34.2 Å². The van der Waals surface area contributed by atoms with Gasteiger partial charge in [0.05, 0.1) is 4.47 Å². The minimum Gasteiger partial charge on any atom is -0.339 e. The zero-order valence-corrected chi connectivity index (χ0v) is 13.8. The van der Waals surface area contributed by atoms with Crippen LogP contribution in [0.1, 0.15) is 29.6 Å². The highest BCUT2D eigenvalue weighted by atomic mass is 79.9. The summed E-state index contributed by atoms with van der Waals surface area (Å²) in [6.45, 7) is 1.95. The molecule has 1 saturated heterocycles. The summed E-state index contributed by atoms with van der Waals surface area (Å²) in [6.07, 6.45) is 3.05. The largest absolute Gasteiger partial charge is 0.339 e. The second-order valence-electron chi connectivity index (χ2n) is 4.88. The first-order valence-corrected chi connectivity index (χ1v) is 7.32. The maximum Gasteiger partial charge on any atom is 0.253 e. The van der Waals surface area contributed by atoms with Gasteiger partial charge in [0.2, 0.25) is 0 Å². The van der Waals surface area contributed by atoms with E-state index in [-0.39, 0.29) is 30.2 Å². The molecule has 0 aliphatic carbocycles. The molecule has 0 aromatic heterocycles. The van der Waals surface area contributed by atoms with Crippen molar-refractivity contribution in [3.63, 3.8) is 0 Å². The van der Waals surface area contributed by atoms with Crippen molar-refractivity contribution in [2.24, 2.45) is 0 Å². The monoisotopic (exact) mass is 364 g/mol. The van der Waals surface area contributed by atoms with E-state index < -0.39 is 0 Å². The topological polar surface area (TPSA) is 32.3 Å². The fourth-order valence-electron chi connectivity index (χ4n) is 2.39. The lowest BCUT2D eigenvalue weighted by molar-refractivity contribution is 0.0720. The van der Waals surface area contributed by atoms with Gasteiger partial charge < -0.3 is 10.2 Å². The number of nitrogens with zero attached hydrogens (tertiary/aromatic N) is 1. The highest BCUT2D eigenvalue weighted by Crippen LogP contribution is 2.20. The maximum atomic E-state index is 13.2. The molecule has 1 aliphatic heterocycles. The van der Waals surface area contributed by atoms with Crippen LogP contribution < -0.4 is 5.32 Å². The summed E-state index contributed by atoms with van der Waals surface area (Å²) in [5, 5.41) is 3.33. The Morgan fingerprint density at radius 3 is 2.85 bits per heavy atom. The molecule has 112 valence electrons. The normalized spacial score (nSPS) is 18.9. The van der Waals surface area contributed by atoms with Crippen molar-refractivity contribution in [3.8, 4) is 0 Å². The fraction of sp³-hybridized carbons (Fsp3) is 0.500. The van der Waals surface area contributed by atoms with Gasteiger partial charge in [-0.25, -0.2) is 4.39 Å². The summed E-state index contributed by atoms with van der Waals surface area (Å²) in [5.41, 5.74) is 0.521. The number of halogens is 3. The van der Waals surface area contributed by atoms with Gasteiger partial charge in [-0.15, -0.1) is 12.4 Å². The molecule has 20 heavy (non-hydrogen) atoms. The Labute approximate surface area is 133 Å². The van der Waals surface area contributed by atoms with Crippen LogP contribution in [0, 0.1) is 5.82 Å². The molecule has 1 unspecified atom stereocenters. The molecular formula is C14H19BrClFN2O. The van der Waals surface area contributed by atoms with Crippen LogP contribution in [0.15, 0.2) is 22.7 Å². The van der Waals surface area contributed by atoms with Crippen molar-refractivity contribution in [3.05, 3.63) is 34.1 Å². The van der Waals surface area contributed by atoms with Crippen molar-refractivity contribution < 1.29 is 9.18 Å². The zero-order valence-electron chi connectivity index (χ0n) is 11.4. The third-order valence-corrected chi connectivity index (χ3v) is 4.19. The molecular weight excluding hydrogens is 347 g/mol. The molecule has 0 bridgehead atoms. The Balaban J connectivity index is 0.00000200. The van der Waals surface area contributed by atoms with Gasteiger partial charge in [-0.2, -0.15) is 0 Å². The van der Waals surface area contributed by atoms with Gasteiger partial charge in [0.1, 0.15) is 5.82 Å². The van der Waals surface area contributed by atoms with Crippen LogP contribution in [0.5, 0.6) is 0 Å². The predicted molar refractivity (Wildman–Crippen MR) is 84.0 cm³/mol. The Hall–Kier alpha value is -0.650. The SMILES string of the molecule is CN(C(=O)c1ccc(F)c(Br)c1)C1CCCNCC1.Cl. The minimum absolute atomic E-state index is 0. The van der Waals surface area contributed by atoms with E-state index in [2.05, 4.69) is 21.2 Å². The molecule has 0 saturated carbocycles. The highest BCUT2D eigenvalue weighted by molar-refractivity contribution is 9.10. The number of nitrogens with one attached hydrogen (secondary N) is 1. The number of amides is 1. The van der Waals surface area contributed by atoms with Crippen LogP contribution in [0.25, 0.3) is 0 Å². The second kappa shape index (κ2) is 7.96. The standard InChI is InChI=1S/C14H18BrFN2O.ClH/c1-18(11-3-2-7-17-8-6-11)14(19)10-4-5-13(16)12(15)9-10;/h4-5,9,11,17H,2-3,6-8H2,1H3;1H. The molecule has 1 amide bonds. The summed E-state index contributed by atoms with van der Waals surface area (Å²) < 4.78 is 13.5. The van der Waals surface area contributed by atoms with Crippen LogP contribution in [0.4, 0.5) is 4.39 Å². The van der Waals surface area contributed by atoms with Crippen molar-refractivity contribution in [1.29, 1.82) is 0 Å². The average molecular weight is 366 g/mol. The van der Waals surface area contributed by atoms with Crippen LogP contribution in [0.2, 0.25) is 0 Å². The summed E-state index contributed by atoms with van der Waals surface area (Å²) in [5.74, 6) is -0.398. The maximum absolute atomic E-state index is 13.2. The molecule has 1 aliphatic rings. The number of rotatable bonds is 2. The summed E-state index contributed by atoms with van der Waals surface area (Å²) >= 11 is 3.12. The van der Waals surface area contributed by atoms with Gasteiger partial charge in [0, 0.05) is 18.7 Å². The summed E-state index contributed by atoms with van der Waals surface area (Å²) in [4.78, 5) is 14.2. The molecule has 6 heteroatoms. The van der Waals surface area contributed by atoms with E-state index in [9.17, 15) is 9.18 Å².